The van der Waals surface area contributed by atoms with Crippen LogP contribution in [0.15, 0.2) is 0 Å². The number of carbonyl (C=O) groups excluding carboxylic acids is 1. The minimum Gasteiger partial charge on any atom is -0.323 e. The Hall–Kier alpha value is -0.670. The van der Waals surface area contributed by atoms with Crippen LogP contribution in [0.25, 0.3) is 0 Å². The van der Waals surface area contributed by atoms with E-state index >= 15 is 0 Å². The number of hydrogen-bond donors (Lipinski definition) is 0. The molecule has 0 N–H and O–H groups in total. The molecule has 62 valence electrons. The lowest BCUT2D eigenvalue weighted by atomic mass is 10.7. The number of nitrogens with zero attached hydrogens (tertiary/aromatic N) is 2. The van der Waals surface area contributed by atoms with Crippen molar-refractivity contribution in [2.75, 3.05) is 27.2 Å². The molecule has 6 heteroatoms. The van der Waals surface area contributed by atoms with Crippen molar-refractivity contribution in [3.8, 4) is 0 Å². The lowest BCUT2D eigenvalue weighted by Crippen LogP contribution is -2.24. The van der Waals surface area contributed by atoms with Crippen molar-refractivity contribution in [1.29, 1.82) is 0 Å². The highest BCUT2D eigenvalue weighted by Crippen LogP contribution is 2.30. The maximum absolute atomic E-state index is 11.1. The monoisotopic (exact) mass is 177 g/mol. The van der Waals surface area contributed by atoms with Crippen molar-refractivity contribution in [3.05, 3.63) is 0 Å². The van der Waals surface area contributed by atoms with E-state index in [0.29, 0.717) is 13.1 Å². The van der Waals surface area contributed by atoms with Crippen LogP contribution in [0.1, 0.15) is 0 Å². The SMILES string of the molecule is CO[P+](=O)N1CCN(C)C1=O. The predicted octanol–water partition coefficient (Wildman–Crippen LogP) is 0.658. The number of carbonyl (C=O) groups is 1. The van der Waals surface area contributed by atoms with Gasteiger partial charge in [-0.2, -0.15) is 0 Å². The van der Waals surface area contributed by atoms with Gasteiger partial charge >= 0.3 is 14.2 Å². The van der Waals surface area contributed by atoms with Crippen LogP contribution >= 0.6 is 8.18 Å². The van der Waals surface area contributed by atoms with E-state index in [0.717, 1.165) is 0 Å². The summed E-state index contributed by atoms with van der Waals surface area (Å²) in [7, 11) is 1.04. The lowest BCUT2D eigenvalue weighted by molar-refractivity contribution is 0.212. The second-order valence-electron chi connectivity index (χ2n) is 2.25. The molecule has 0 aromatic heterocycles. The topological polar surface area (TPSA) is 49.9 Å². The van der Waals surface area contributed by atoms with Crippen molar-refractivity contribution in [1.82, 2.24) is 9.57 Å². The summed E-state index contributed by atoms with van der Waals surface area (Å²) in [5, 5.41) is 0. The van der Waals surface area contributed by atoms with Crippen LogP contribution in [0, 0.1) is 0 Å². The molecule has 1 fully saturated rings. The molecule has 1 rings (SSSR count). The van der Waals surface area contributed by atoms with Crippen molar-refractivity contribution in [2.45, 2.75) is 0 Å². The van der Waals surface area contributed by atoms with Crippen LogP contribution in [0.5, 0.6) is 0 Å². The van der Waals surface area contributed by atoms with E-state index in [1.807, 2.05) is 0 Å². The van der Waals surface area contributed by atoms with Gasteiger partial charge in [0.05, 0.1) is 13.7 Å². The zero-order valence-electron chi connectivity index (χ0n) is 6.48. The molecule has 0 radical (unpaired) electrons. The summed E-state index contributed by atoms with van der Waals surface area (Å²) < 4.78 is 16.7. The van der Waals surface area contributed by atoms with Crippen LogP contribution < -0.4 is 0 Å². The lowest BCUT2D eigenvalue weighted by Gasteiger charge is -2.03. The van der Waals surface area contributed by atoms with Gasteiger partial charge in [-0.15, -0.1) is 4.52 Å². The largest absolute Gasteiger partial charge is 0.649 e. The average molecular weight is 177 g/mol. The Morgan fingerprint density at radius 2 is 2.18 bits per heavy atom. The third-order valence-corrected chi connectivity index (χ3v) is 2.63. The number of hydrogen-bond acceptors (Lipinski definition) is 3. The molecule has 1 aliphatic rings. The van der Waals surface area contributed by atoms with Crippen LogP contribution in [-0.2, 0) is 9.09 Å². The molecule has 1 atom stereocenters. The van der Waals surface area contributed by atoms with Gasteiger partial charge in [-0.3, -0.25) is 0 Å². The highest BCUT2D eigenvalue weighted by Gasteiger charge is 2.41. The first kappa shape index (κ1) is 8.43. The third-order valence-electron chi connectivity index (χ3n) is 1.55. The van der Waals surface area contributed by atoms with Gasteiger partial charge in [0.25, 0.3) is 0 Å². The van der Waals surface area contributed by atoms with Gasteiger partial charge in [0.15, 0.2) is 0 Å². The Labute approximate surface area is 65.8 Å². The summed E-state index contributed by atoms with van der Waals surface area (Å²) >= 11 is 0. The van der Waals surface area contributed by atoms with Crippen LogP contribution in [-0.4, -0.2) is 42.8 Å². The molecular weight excluding hydrogens is 167 g/mol. The van der Waals surface area contributed by atoms with Gasteiger partial charge in [0.1, 0.15) is 0 Å². The van der Waals surface area contributed by atoms with E-state index in [2.05, 4.69) is 4.52 Å². The minimum absolute atomic E-state index is 0.229. The van der Waals surface area contributed by atoms with Crippen LogP contribution in [0.2, 0.25) is 0 Å². The molecule has 1 aliphatic heterocycles. The average Bonchev–Trinajstić information content (AvgIpc) is 2.32. The quantitative estimate of drug-likeness (QED) is 0.582. The van der Waals surface area contributed by atoms with Crippen molar-refractivity contribution < 1.29 is 13.9 Å². The summed E-state index contributed by atoms with van der Waals surface area (Å²) in [6.45, 7) is 1.10. The molecule has 0 aromatic carbocycles. The Morgan fingerprint density at radius 1 is 1.55 bits per heavy atom. The first-order valence-electron chi connectivity index (χ1n) is 3.20. The number of rotatable bonds is 2. The molecule has 0 aliphatic carbocycles. The smallest absolute Gasteiger partial charge is 0.323 e. The summed E-state index contributed by atoms with van der Waals surface area (Å²) in [5.74, 6) is 0. The number of amides is 2. The number of likely N-dealkylation sites (N-methyl/N-ethyl adjacent to an activating group) is 1. The Bertz CT molecular complexity index is 196. The van der Waals surface area contributed by atoms with Crippen molar-refractivity contribution >= 4 is 14.2 Å². The maximum atomic E-state index is 11.1. The standard InChI is InChI=1S/C5H10N2O3P/c1-6-3-4-7(5(6)8)11(9)10-2/h3-4H2,1-2H3/q+1. The summed E-state index contributed by atoms with van der Waals surface area (Å²) in [6, 6.07) is -0.229. The molecule has 0 saturated carbocycles. The molecule has 0 aromatic rings. The normalized spacial score (nSPS) is 19.5. The molecule has 0 spiro atoms. The van der Waals surface area contributed by atoms with Gasteiger partial charge in [-0.1, -0.05) is 4.67 Å². The van der Waals surface area contributed by atoms with Gasteiger partial charge in [0, 0.05) is 13.6 Å². The maximum Gasteiger partial charge on any atom is 0.649 e. The van der Waals surface area contributed by atoms with E-state index in [4.69, 9.17) is 0 Å². The van der Waals surface area contributed by atoms with E-state index in [9.17, 15) is 9.36 Å². The molecule has 5 nitrogen and oxygen atoms in total. The molecule has 0 bridgehead atoms. The number of urea groups is 1. The van der Waals surface area contributed by atoms with E-state index in [1.165, 1.54) is 16.7 Å². The zero-order chi connectivity index (χ0) is 8.43. The molecule has 1 heterocycles. The Morgan fingerprint density at radius 3 is 2.55 bits per heavy atom. The van der Waals surface area contributed by atoms with Gasteiger partial charge in [0.2, 0.25) is 0 Å². The van der Waals surface area contributed by atoms with Gasteiger partial charge < -0.3 is 4.90 Å². The first-order chi connectivity index (χ1) is 5.16. The summed E-state index contributed by atoms with van der Waals surface area (Å²) in [5.41, 5.74) is 0. The predicted molar refractivity (Wildman–Crippen MR) is 39.3 cm³/mol. The van der Waals surface area contributed by atoms with Crippen LogP contribution in [0.3, 0.4) is 0 Å². The van der Waals surface area contributed by atoms with Crippen molar-refractivity contribution in [3.63, 3.8) is 0 Å². The summed E-state index contributed by atoms with van der Waals surface area (Å²) in [6.07, 6.45) is 0. The van der Waals surface area contributed by atoms with Gasteiger partial charge in [-0.25, -0.2) is 4.79 Å². The zero-order valence-corrected chi connectivity index (χ0v) is 7.38. The third kappa shape index (κ3) is 1.49. The van der Waals surface area contributed by atoms with E-state index in [-0.39, 0.29) is 6.03 Å². The molecular formula is C5H10N2O3P+. The summed E-state index contributed by atoms with van der Waals surface area (Å²) in [4.78, 5) is 12.6. The van der Waals surface area contributed by atoms with E-state index in [1.54, 1.807) is 7.05 Å². The fourth-order valence-electron chi connectivity index (χ4n) is 0.883. The highest BCUT2D eigenvalue weighted by atomic mass is 31.1. The van der Waals surface area contributed by atoms with Gasteiger partial charge in [-0.05, 0) is 4.57 Å². The van der Waals surface area contributed by atoms with Crippen LogP contribution in [0.4, 0.5) is 4.79 Å². The second kappa shape index (κ2) is 3.15. The van der Waals surface area contributed by atoms with E-state index < -0.39 is 8.18 Å². The molecule has 11 heavy (non-hydrogen) atoms. The Kier molecular flexibility index (Phi) is 2.42. The van der Waals surface area contributed by atoms with Crippen molar-refractivity contribution in [2.24, 2.45) is 0 Å². The molecule has 2 amide bonds. The first-order valence-corrected chi connectivity index (χ1v) is 4.33. The fourth-order valence-corrected chi connectivity index (χ4v) is 1.63. The molecule has 1 unspecified atom stereocenters. The highest BCUT2D eigenvalue weighted by molar-refractivity contribution is 7.37. The Balaban J connectivity index is 2.62. The minimum atomic E-state index is -1.95. The molecule has 1 saturated heterocycles. The fraction of sp³-hybridized carbons (Fsp3) is 0.800. The second-order valence-corrected chi connectivity index (χ2v) is 3.57.